The number of para-hydroxylation sites is 1. The van der Waals surface area contributed by atoms with Crippen LogP contribution in [0.5, 0.6) is 11.5 Å². The third kappa shape index (κ3) is 3.26. The molecule has 7 heteroatoms. The summed E-state index contributed by atoms with van der Waals surface area (Å²) in [6.45, 7) is 3.37. The number of ether oxygens (including phenoxy) is 2. The summed E-state index contributed by atoms with van der Waals surface area (Å²) in [5, 5.41) is 2.39. The molecule has 1 heterocycles. The van der Waals surface area contributed by atoms with Crippen LogP contribution >= 0.6 is 0 Å². The number of fused-ring (bicyclic) bond motifs is 1. The minimum Gasteiger partial charge on any atom is -0.454 e. The fourth-order valence-electron chi connectivity index (χ4n) is 2.53. The lowest BCUT2D eigenvalue weighted by molar-refractivity contribution is -0.137. The third-order valence-electron chi connectivity index (χ3n) is 4.14. The van der Waals surface area contributed by atoms with Crippen molar-refractivity contribution in [3.63, 3.8) is 0 Å². The first-order chi connectivity index (χ1) is 11.7. The highest BCUT2D eigenvalue weighted by Crippen LogP contribution is 2.38. The monoisotopic (exact) mass is 351 g/mol. The Hall–Kier alpha value is -2.70. The lowest BCUT2D eigenvalue weighted by atomic mass is 9.83. The van der Waals surface area contributed by atoms with Crippen LogP contribution in [-0.2, 0) is 16.4 Å². The van der Waals surface area contributed by atoms with Gasteiger partial charge in [-0.15, -0.1) is 0 Å². The predicted octanol–water partition coefficient (Wildman–Crippen LogP) is 4.35. The van der Waals surface area contributed by atoms with Crippen molar-refractivity contribution in [3.05, 3.63) is 53.6 Å². The van der Waals surface area contributed by atoms with Gasteiger partial charge in [-0.2, -0.15) is 13.2 Å². The Balaban J connectivity index is 1.88. The van der Waals surface area contributed by atoms with Gasteiger partial charge in [0.05, 0.1) is 16.7 Å². The smallest absolute Gasteiger partial charge is 0.418 e. The van der Waals surface area contributed by atoms with Gasteiger partial charge in [-0.1, -0.05) is 18.2 Å². The summed E-state index contributed by atoms with van der Waals surface area (Å²) in [5.41, 5.74) is -1.61. The van der Waals surface area contributed by atoms with E-state index in [4.69, 9.17) is 9.47 Å². The van der Waals surface area contributed by atoms with Crippen molar-refractivity contribution in [2.24, 2.45) is 0 Å². The van der Waals surface area contributed by atoms with E-state index in [-0.39, 0.29) is 12.5 Å². The number of hydrogen-bond acceptors (Lipinski definition) is 3. The van der Waals surface area contributed by atoms with Crippen molar-refractivity contribution in [3.8, 4) is 11.5 Å². The van der Waals surface area contributed by atoms with Gasteiger partial charge in [-0.05, 0) is 43.7 Å². The predicted molar refractivity (Wildman–Crippen MR) is 85.7 cm³/mol. The molecule has 1 aliphatic rings. The summed E-state index contributed by atoms with van der Waals surface area (Å²) in [7, 11) is 0. The highest BCUT2D eigenvalue weighted by atomic mass is 19.4. The molecule has 2 aromatic carbocycles. The van der Waals surface area contributed by atoms with Gasteiger partial charge >= 0.3 is 6.18 Å². The van der Waals surface area contributed by atoms with Crippen LogP contribution < -0.4 is 14.8 Å². The molecule has 0 unspecified atom stereocenters. The number of anilines is 1. The third-order valence-corrected chi connectivity index (χ3v) is 4.14. The number of benzene rings is 2. The molecule has 25 heavy (non-hydrogen) atoms. The van der Waals surface area contributed by atoms with Crippen LogP contribution in [0.3, 0.4) is 0 Å². The van der Waals surface area contributed by atoms with Gasteiger partial charge < -0.3 is 14.8 Å². The summed E-state index contributed by atoms with van der Waals surface area (Å²) < 4.78 is 49.8. The molecule has 132 valence electrons. The molecule has 0 aromatic heterocycles. The molecule has 0 atom stereocenters. The number of hydrogen-bond donors (Lipinski definition) is 1. The molecular formula is C18H16F3NO3. The Kier molecular flexibility index (Phi) is 4.10. The van der Waals surface area contributed by atoms with Gasteiger partial charge in [0.1, 0.15) is 0 Å². The van der Waals surface area contributed by atoms with Crippen LogP contribution in [0.4, 0.5) is 18.9 Å². The fourth-order valence-corrected chi connectivity index (χ4v) is 2.53. The van der Waals surface area contributed by atoms with E-state index in [2.05, 4.69) is 5.32 Å². The van der Waals surface area contributed by atoms with Crippen LogP contribution in [0.1, 0.15) is 25.0 Å². The van der Waals surface area contributed by atoms with Crippen molar-refractivity contribution in [1.82, 2.24) is 0 Å². The molecule has 0 radical (unpaired) electrons. The normalized spacial score (nSPS) is 13.6. The minimum absolute atomic E-state index is 0.102. The first-order valence-electron chi connectivity index (χ1n) is 7.57. The van der Waals surface area contributed by atoms with Crippen molar-refractivity contribution >= 4 is 11.6 Å². The van der Waals surface area contributed by atoms with E-state index in [1.807, 2.05) is 0 Å². The van der Waals surface area contributed by atoms with Crippen molar-refractivity contribution in [1.29, 1.82) is 0 Å². The van der Waals surface area contributed by atoms with Gasteiger partial charge in [0.2, 0.25) is 12.7 Å². The van der Waals surface area contributed by atoms with Crippen molar-refractivity contribution < 1.29 is 27.4 Å². The van der Waals surface area contributed by atoms with E-state index >= 15 is 0 Å². The minimum atomic E-state index is -4.55. The van der Waals surface area contributed by atoms with E-state index in [1.165, 1.54) is 18.2 Å². The standard InChI is InChI=1S/C18H16F3NO3/c1-17(2,11-7-8-14-15(9-11)25-10-24-14)16(23)22-13-6-4-3-5-12(13)18(19,20)21/h3-9H,10H2,1-2H3,(H,22,23). The zero-order valence-corrected chi connectivity index (χ0v) is 13.6. The number of rotatable bonds is 3. The Morgan fingerprint density at radius 2 is 1.72 bits per heavy atom. The molecule has 0 spiro atoms. The van der Waals surface area contributed by atoms with E-state index in [1.54, 1.807) is 32.0 Å². The zero-order chi connectivity index (χ0) is 18.2. The van der Waals surface area contributed by atoms with E-state index in [0.29, 0.717) is 17.1 Å². The lowest BCUT2D eigenvalue weighted by Crippen LogP contribution is -2.35. The maximum absolute atomic E-state index is 13.1. The quantitative estimate of drug-likeness (QED) is 0.894. The summed E-state index contributed by atoms with van der Waals surface area (Å²) in [5.74, 6) is 0.527. The summed E-state index contributed by atoms with van der Waals surface area (Å²) in [6, 6.07) is 9.93. The lowest BCUT2D eigenvalue weighted by Gasteiger charge is -2.25. The fraction of sp³-hybridized carbons (Fsp3) is 0.278. The Morgan fingerprint density at radius 3 is 2.44 bits per heavy atom. The molecule has 4 nitrogen and oxygen atoms in total. The van der Waals surface area contributed by atoms with Crippen LogP contribution in [0.15, 0.2) is 42.5 Å². The van der Waals surface area contributed by atoms with Crippen LogP contribution in [-0.4, -0.2) is 12.7 Å². The maximum atomic E-state index is 13.1. The van der Waals surface area contributed by atoms with Crippen molar-refractivity contribution in [2.45, 2.75) is 25.4 Å². The Labute approximate surface area is 142 Å². The SMILES string of the molecule is CC(C)(C(=O)Nc1ccccc1C(F)(F)F)c1ccc2c(c1)OCO2. The molecule has 0 saturated heterocycles. The molecule has 0 bridgehead atoms. The molecule has 0 fully saturated rings. The van der Waals surface area contributed by atoms with E-state index in [0.717, 1.165) is 6.07 Å². The van der Waals surface area contributed by atoms with E-state index < -0.39 is 23.1 Å². The van der Waals surface area contributed by atoms with Crippen LogP contribution in [0, 0.1) is 0 Å². The topological polar surface area (TPSA) is 47.6 Å². The number of amides is 1. The second-order valence-electron chi connectivity index (χ2n) is 6.19. The largest absolute Gasteiger partial charge is 0.454 e. The maximum Gasteiger partial charge on any atom is 0.418 e. The van der Waals surface area contributed by atoms with E-state index in [9.17, 15) is 18.0 Å². The van der Waals surface area contributed by atoms with Gasteiger partial charge in [0.25, 0.3) is 0 Å². The van der Waals surface area contributed by atoms with Gasteiger partial charge in [0, 0.05) is 0 Å². The van der Waals surface area contributed by atoms with Gasteiger partial charge in [0.15, 0.2) is 11.5 Å². The summed E-state index contributed by atoms with van der Waals surface area (Å²) in [6.07, 6.45) is -4.55. The van der Waals surface area contributed by atoms with Gasteiger partial charge in [-0.3, -0.25) is 4.79 Å². The molecule has 1 aliphatic heterocycles. The number of alkyl halides is 3. The first kappa shape index (κ1) is 17.1. The van der Waals surface area contributed by atoms with Crippen LogP contribution in [0.2, 0.25) is 0 Å². The average molecular weight is 351 g/mol. The zero-order valence-electron chi connectivity index (χ0n) is 13.6. The highest BCUT2D eigenvalue weighted by molar-refractivity contribution is 5.99. The highest BCUT2D eigenvalue weighted by Gasteiger charge is 2.36. The van der Waals surface area contributed by atoms with Gasteiger partial charge in [-0.25, -0.2) is 0 Å². The average Bonchev–Trinajstić information content (AvgIpc) is 3.01. The second-order valence-corrected chi connectivity index (χ2v) is 6.19. The molecular weight excluding hydrogens is 335 g/mol. The molecule has 0 aliphatic carbocycles. The Bertz CT molecular complexity index is 815. The summed E-state index contributed by atoms with van der Waals surface area (Å²) >= 11 is 0. The Morgan fingerprint density at radius 1 is 1.04 bits per heavy atom. The number of carbonyl (C=O) groups is 1. The first-order valence-corrected chi connectivity index (χ1v) is 7.57. The molecule has 2 aromatic rings. The summed E-state index contributed by atoms with van der Waals surface area (Å²) in [4.78, 5) is 12.7. The molecule has 0 saturated carbocycles. The molecule has 1 amide bonds. The second kappa shape index (κ2) is 5.98. The number of carbonyl (C=O) groups excluding carboxylic acids is 1. The number of nitrogens with one attached hydrogen (secondary N) is 1. The van der Waals surface area contributed by atoms with Crippen LogP contribution in [0.25, 0.3) is 0 Å². The van der Waals surface area contributed by atoms with Crippen molar-refractivity contribution in [2.75, 3.05) is 12.1 Å². The molecule has 3 rings (SSSR count). The molecule has 1 N–H and O–H groups in total. The number of halogens is 3.